The second-order valence-electron chi connectivity index (χ2n) is 6.23. The number of nitrogens with two attached hydrogens (primary N) is 1. The van der Waals surface area contributed by atoms with Crippen LogP contribution in [0.4, 0.5) is 11.8 Å². The Labute approximate surface area is 178 Å². The minimum absolute atomic E-state index is 0.00726. The van der Waals surface area contributed by atoms with Crippen LogP contribution in [0.1, 0.15) is 12.6 Å². The van der Waals surface area contributed by atoms with Gasteiger partial charge in [-0.1, -0.05) is 0 Å². The first-order valence-electron chi connectivity index (χ1n) is 8.28. The molecule has 0 bridgehead atoms. The molecule has 0 radical (unpaired) electrons. The minimum atomic E-state index is -5.64. The van der Waals surface area contributed by atoms with Crippen molar-refractivity contribution < 1.29 is 56.3 Å². The summed E-state index contributed by atoms with van der Waals surface area (Å²) in [5.74, 6) is -0.0405. The maximum absolute atomic E-state index is 11.8. The summed E-state index contributed by atoms with van der Waals surface area (Å²) in [6, 6.07) is 0. The number of phosphoric ester groups is 1. The van der Waals surface area contributed by atoms with Gasteiger partial charge in [0, 0.05) is 6.42 Å². The van der Waals surface area contributed by atoms with Crippen molar-refractivity contribution >= 4 is 53.1 Å². The summed E-state index contributed by atoms with van der Waals surface area (Å²) in [4.78, 5) is 51.3. The quantitative estimate of drug-likeness (QED) is 0.184. The maximum atomic E-state index is 11.8. The van der Waals surface area contributed by atoms with Gasteiger partial charge in [0.05, 0.1) is 19.0 Å². The molecule has 3 rings (SSSR count). The molecule has 0 amide bonds. The van der Waals surface area contributed by atoms with Gasteiger partial charge in [0.15, 0.2) is 17.7 Å². The molecule has 0 aromatic carbocycles. The van der Waals surface area contributed by atoms with Gasteiger partial charge in [-0.25, -0.2) is 23.7 Å². The number of hydrogen-bond donors (Lipinski definition) is 6. The van der Waals surface area contributed by atoms with Gasteiger partial charge in [-0.2, -0.15) is 18.6 Å². The van der Waals surface area contributed by atoms with Gasteiger partial charge in [-0.3, -0.25) is 9.09 Å². The number of imidazole rings is 1. The SMILES string of the molecule is C=Nc1nc(N)c2ncn(C3OC(COP(=O)(O)OP(=O)(O)OP(=O)(O)O)CC3O)c2n1. The number of aromatic nitrogens is 4. The van der Waals surface area contributed by atoms with E-state index in [2.05, 4.69) is 39.8 Å². The Kier molecular flexibility index (Phi) is 6.98. The smallest absolute Gasteiger partial charge is 0.388 e. The number of nitrogen functional groups attached to an aromatic ring is 1. The topological polar surface area (TPSA) is 271 Å². The number of anilines is 1. The normalized spacial score (nSPS) is 25.5. The van der Waals surface area contributed by atoms with Crippen molar-refractivity contribution in [2.45, 2.75) is 24.9 Å². The van der Waals surface area contributed by atoms with E-state index < -0.39 is 48.5 Å². The zero-order valence-corrected chi connectivity index (χ0v) is 18.4. The van der Waals surface area contributed by atoms with Crippen molar-refractivity contribution in [3.8, 4) is 0 Å². The van der Waals surface area contributed by atoms with Gasteiger partial charge < -0.3 is 35.2 Å². The number of phosphoric acid groups is 3. The Morgan fingerprint density at radius 1 is 1.22 bits per heavy atom. The van der Waals surface area contributed by atoms with E-state index in [9.17, 15) is 23.7 Å². The van der Waals surface area contributed by atoms with E-state index in [4.69, 9.17) is 25.2 Å². The lowest BCUT2D eigenvalue weighted by atomic mass is 10.2. The Morgan fingerprint density at radius 3 is 2.53 bits per heavy atom. The summed E-state index contributed by atoms with van der Waals surface area (Å²) >= 11 is 0. The van der Waals surface area contributed by atoms with Crippen molar-refractivity contribution in [1.29, 1.82) is 0 Å². The van der Waals surface area contributed by atoms with Crippen LogP contribution in [0.2, 0.25) is 0 Å². The van der Waals surface area contributed by atoms with Gasteiger partial charge in [-0.15, -0.1) is 0 Å². The van der Waals surface area contributed by atoms with Crippen molar-refractivity contribution in [2.75, 3.05) is 12.3 Å². The molecule has 1 fully saturated rings. The molecule has 2 aromatic heterocycles. The van der Waals surface area contributed by atoms with Crippen LogP contribution in [-0.2, 0) is 31.6 Å². The zero-order chi connectivity index (χ0) is 23.9. The van der Waals surface area contributed by atoms with Crippen LogP contribution in [0.5, 0.6) is 0 Å². The molecule has 1 saturated heterocycles. The van der Waals surface area contributed by atoms with Crippen molar-refractivity contribution in [3.63, 3.8) is 0 Å². The Balaban J connectivity index is 1.68. The first kappa shape index (κ1) is 25.0. The number of fused-ring (bicyclic) bond motifs is 1. The fourth-order valence-electron chi connectivity index (χ4n) is 2.75. The molecule has 7 N–H and O–H groups in total. The number of aliphatic hydroxyl groups is 1. The molecule has 1 aliphatic heterocycles. The highest BCUT2D eigenvalue weighted by Crippen LogP contribution is 2.66. The number of nitrogens with zero attached hydrogens (tertiary/aromatic N) is 5. The van der Waals surface area contributed by atoms with E-state index in [1.165, 1.54) is 10.9 Å². The van der Waals surface area contributed by atoms with Crippen LogP contribution in [0.15, 0.2) is 11.3 Å². The molecular weight excluding hydrogens is 501 g/mol. The van der Waals surface area contributed by atoms with E-state index >= 15 is 0 Å². The van der Waals surface area contributed by atoms with Crippen LogP contribution in [0.25, 0.3) is 11.2 Å². The average molecular weight is 518 g/mol. The molecule has 178 valence electrons. The lowest BCUT2D eigenvalue weighted by Gasteiger charge is -2.19. The summed E-state index contributed by atoms with van der Waals surface area (Å²) in [6.07, 6.45) is -2.12. The molecule has 5 unspecified atom stereocenters. The average Bonchev–Trinajstić information content (AvgIpc) is 3.20. The second kappa shape index (κ2) is 8.95. The lowest BCUT2D eigenvalue weighted by Crippen LogP contribution is -2.19. The van der Waals surface area contributed by atoms with E-state index in [1.807, 2.05) is 0 Å². The van der Waals surface area contributed by atoms with Crippen LogP contribution in [0.3, 0.4) is 0 Å². The summed E-state index contributed by atoms with van der Waals surface area (Å²) in [6.45, 7) is 2.58. The monoisotopic (exact) mass is 518 g/mol. The predicted molar refractivity (Wildman–Crippen MR) is 103 cm³/mol. The summed E-state index contributed by atoms with van der Waals surface area (Å²) in [5.41, 5.74) is 6.14. The molecule has 1 aliphatic rings. The maximum Gasteiger partial charge on any atom is 0.490 e. The summed E-state index contributed by atoms with van der Waals surface area (Å²) in [7, 11) is -16.5. The van der Waals surface area contributed by atoms with Crippen molar-refractivity contribution in [2.24, 2.45) is 4.99 Å². The fourth-order valence-corrected chi connectivity index (χ4v) is 5.80. The molecule has 32 heavy (non-hydrogen) atoms. The first-order valence-corrected chi connectivity index (χ1v) is 12.8. The third-order valence-electron chi connectivity index (χ3n) is 3.86. The van der Waals surface area contributed by atoms with Crippen LogP contribution in [0, 0.1) is 0 Å². The molecule has 0 aliphatic carbocycles. The summed E-state index contributed by atoms with van der Waals surface area (Å²) < 4.78 is 52.4. The third-order valence-corrected chi connectivity index (χ3v) is 7.66. The van der Waals surface area contributed by atoms with Crippen LogP contribution < -0.4 is 5.73 Å². The van der Waals surface area contributed by atoms with E-state index in [1.54, 1.807) is 0 Å². The number of hydrogen-bond acceptors (Lipinski definition) is 13. The molecule has 2 aromatic rings. The van der Waals surface area contributed by atoms with E-state index in [0.717, 1.165) is 0 Å². The second-order valence-corrected chi connectivity index (χ2v) is 10.6. The van der Waals surface area contributed by atoms with Gasteiger partial charge in [0.1, 0.15) is 11.6 Å². The van der Waals surface area contributed by atoms with E-state index in [-0.39, 0.29) is 29.4 Å². The lowest BCUT2D eigenvalue weighted by molar-refractivity contribution is -0.0481. The summed E-state index contributed by atoms with van der Waals surface area (Å²) in [5, 5.41) is 10.3. The molecule has 18 nitrogen and oxygen atoms in total. The fraction of sp³-hybridized carbons (Fsp3) is 0.455. The molecule has 21 heteroatoms. The predicted octanol–water partition coefficient (Wildman–Crippen LogP) is -0.268. The highest BCUT2D eigenvalue weighted by molar-refractivity contribution is 7.66. The number of aliphatic hydroxyl groups excluding tert-OH is 1. The largest absolute Gasteiger partial charge is 0.490 e. The molecular formula is C11H17N6O12P3. The van der Waals surface area contributed by atoms with E-state index in [0.29, 0.717) is 0 Å². The molecule has 5 atom stereocenters. The highest BCUT2D eigenvalue weighted by Gasteiger charge is 2.42. The third kappa shape index (κ3) is 6.02. The Morgan fingerprint density at radius 2 is 1.91 bits per heavy atom. The van der Waals surface area contributed by atoms with Crippen LogP contribution >= 0.6 is 23.5 Å². The van der Waals surface area contributed by atoms with Gasteiger partial charge >= 0.3 is 23.5 Å². The molecule has 0 spiro atoms. The number of ether oxygens (including phenoxy) is 1. The standard InChI is InChI=1S/C11H17N6O12P3/c1-13-11-15-8(12)7-9(16-11)17(4-14-7)10-6(18)2-5(27-10)3-26-31(22,23)29-32(24,25)28-30(19,20)21/h4-6,10,18H,1-3H2,(H,22,23)(H,24,25)(H2,12,15,16)(H2,19,20,21). The Hall–Kier alpha value is -1.65. The highest BCUT2D eigenvalue weighted by atomic mass is 31.3. The van der Waals surface area contributed by atoms with Crippen molar-refractivity contribution in [1.82, 2.24) is 19.5 Å². The number of rotatable bonds is 9. The van der Waals surface area contributed by atoms with Crippen molar-refractivity contribution in [3.05, 3.63) is 6.33 Å². The Bertz CT molecular complexity index is 1170. The van der Waals surface area contributed by atoms with Gasteiger partial charge in [-0.05, 0) is 6.72 Å². The van der Waals surface area contributed by atoms with Gasteiger partial charge in [0.2, 0.25) is 0 Å². The minimum Gasteiger partial charge on any atom is -0.388 e. The number of aliphatic imine (C=N–C) groups is 1. The molecule has 0 saturated carbocycles. The first-order chi connectivity index (χ1) is 14.7. The van der Waals surface area contributed by atoms with Gasteiger partial charge in [0.25, 0.3) is 5.95 Å². The zero-order valence-electron chi connectivity index (χ0n) is 15.7. The molecule has 3 heterocycles. The van der Waals surface area contributed by atoms with Crippen LogP contribution in [-0.4, -0.2) is 69.7 Å².